The number of hydrogen-bond acceptors (Lipinski definition) is 16. The van der Waals surface area contributed by atoms with Crippen molar-refractivity contribution < 1.29 is 77.2 Å². The standard InChI is InChI=1S/C24H31NO8.C18H21NO8/c1-14-7-6-8-17(26)23-20(32-24(2,3)33-23)12-21(28)25-16-10-15(30-5)11-19(31-13-29-4)22(16)18(27)9-14;1-9-4-3-5-12(20)17(24)14(22)8-15(23)19-11-6-10(26-2)7-13(21)16(11)18(25)27-9/h6,8,10-11,14,20,23H,7,9,12-13H2,1-5H3,(H,25,28);3,5-7,9,14,17,21-22,24H,4,8H2,1-2H3,(H,19,23)/b8-6+;5-3+/t14-,20-,23+;9-,14-,17+/m00/s1. The summed E-state index contributed by atoms with van der Waals surface area (Å²) in [6.45, 7) is 6.80. The zero-order valence-corrected chi connectivity index (χ0v) is 34.5. The minimum atomic E-state index is -1.77. The van der Waals surface area contributed by atoms with Gasteiger partial charge in [0.1, 0.15) is 53.0 Å². The zero-order valence-electron chi connectivity index (χ0n) is 34.5. The zero-order chi connectivity index (χ0) is 44.3. The molecule has 2 amide bonds. The predicted octanol–water partition coefficient (Wildman–Crippen LogP) is 3.79. The fraction of sp³-hybridized carbons (Fsp3) is 0.476. The van der Waals surface area contributed by atoms with Gasteiger partial charge in [-0.05, 0) is 45.3 Å². The highest BCUT2D eigenvalue weighted by molar-refractivity contribution is 6.08. The Morgan fingerprint density at radius 1 is 0.767 bits per heavy atom. The van der Waals surface area contributed by atoms with Crippen LogP contribution in [0.25, 0.3) is 0 Å². The van der Waals surface area contributed by atoms with E-state index in [0.29, 0.717) is 12.2 Å². The molecule has 0 spiro atoms. The highest BCUT2D eigenvalue weighted by Gasteiger charge is 2.45. The van der Waals surface area contributed by atoms with Crippen molar-refractivity contribution >= 4 is 46.5 Å². The van der Waals surface area contributed by atoms with Crippen molar-refractivity contribution in [3.63, 3.8) is 0 Å². The number of aliphatic hydroxyl groups is 2. The number of fused-ring (bicyclic) bond motifs is 3. The highest BCUT2D eigenvalue weighted by atomic mass is 16.8. The number of aromatic hydroxyl groups is 1. The molecule has 1 fully saturated rings. The second-order valence-corrected chi connectivity index (χ2v) is 14.8. The number of carbonyl (C=O) groups excluding carboxylic acids is 6. The minimum Gasteiger partial charge on any atom is -0.507 e. The summed E-state index contributed by atoms with van der Waals surface area (Å²) in [4.78, 5) is 75.4. The number of ketones is 3. The highest BCUT2D eigenvalue weighted by Crippen LogP contribution is 2.37. The molecule has 60 heavy (non-hydrogen) atoms. The van der Waals surface area contributed by atoms with Gasteiger partial charge in [0.05, 0.1) is 50.1 Å². The molecule has 2 aromatic rings. The smallest absolute Gasteiger partial charge is 0.344 e. The lowest BCUT2D eigenvalue weighted by Crippen LogP contribution is -2.36. The van der Waals surface area contributed by atoms with Crippen LogP contribution >= 0.6 is 0 Å². The van der Waals surface area contributed by atoms with Gasteiger partial charge in [0.2, 0.25) is 11.8 Å². The maximum atomic E-state index is 13.3. The maximum absolute atomic E-state index is 13.3. The fourth-order valence-corrected chi connectivity index (χ4v) is 6.44. The quantitative estimate of drug-likeness (QED) is 0.212. The Morgan fingerprint density at radius 3 is 2.02 bits per heavy atom. The van der Waals surface area contributed by atoms with Crippen LogP contribution < -0.4 is 24.8 Å². The lowest BCUT2D eigenvalue weighted by atomic mass is 9.94. The van der Waals surface area contributed by atoms with Gasteiger partial charge in [-0.25, -0.2) is 4.79 Å². The average Bonchev–Trinajstić information content (AvgIpc) is 3.48. The number of phenolic OH excluding ortho intramolecular Hbond substituents is 1. The third kappa shape index (κ3) is 12.7. The first-order chi connectivity index (χ1) is 28.4. The van der Waals surface area contributed by atoms with Gasteiger partial charge in [-0.2, -0.15) is 0 Å². The van der Waals surface area contributed by atoms with Crippen LogP contribution in [0.4, 0.5) is 11.4 Å². The Labute approximate surface area is 346 Å². The molecule has 5 N–H and O–H groups in total. The molecular formula is C42H52N2O16. The molecule has 3 aliphatic heterocycles. The molecule has 2 aromatic carbocycles. The van der Waals surface area contributed by atoms with Gasteiger partial charge in [-0.1, -0.05) is 19.1 Å². The molecule has 18 nitrogen and oxygen atoms in total. The summed E-state index contributed by atoms with van der Waals surface area (Å²) >= 11 is 0. The number of phenols is 1. The average molecular weight is 841 g/mol. The summed E-state index contributed by atoms with van der Waals surface area (Å²) in [7, 11) is 4.29. The Hall–Kier alpha value is -5.66. The molecule has 0 bridgehead atoms. The van der Waals surface area contributed by atoms with Gasteiger partial charge in [0, 0.05) is 44.2 Å². The molecule has 6 atom stereocenters. The molecular weight excluding hydrogens is 788 g/mol. The number of allylic oxidation sites excluding steroid dienone is 1. The lowest BCUT2D eigenvalue weighted by Gasteiger charge is -2.20. The summed E-state index contributed by atoms with van der Waals surface area (Å²) in [6, 6.07) is 5.65. The first-order valence-electron chi connectivity index (χ1n) is 19.1. The van der Waals surface area contributed by atoms with Crippen molar-refractivity contribution in [2.45, 2.75) is 96.1 Å². The number of esters is 1. The Bertz CT molecular complexity index is 1990. The Morgan fingerprint density at radius 2 is 1.37 bits per heavy atom. The minimum absolute atomic E-state index is 0.0570. The van der Waals surface area contributed by atoms with E-state index in [9.17, 15) is 44.1 Å². The van der Waals surface area contributed by atoms with Crippen LogP contribution in [0, 0.1) is 5.92 Å². The van der Waals surface area contributed by atoms with E-state index >= 15 is 0 Å². The van der Waals surface area contributed by atoms with Gasteiger partial charge in [0.25, 0.3) is 0 Å². The summed E-state index contributed by atoms with van der Waals surface area (Å²) in [5.74, 6) is -4.04. The van der Waals surface area contributed by atoms with Crippen molar-refractivity contribution in [1.29, 1.82) is 0 Å². The second-order valence-electron chi connectivity index (χ2n) is 14.8. The third-order valence-electron chi connectivity index (χ3n) is 9.32. The van der Waals surface area contributed by atoms with Crippen LogP contribution in [0.1, 0.15) is 80.5 Å². The van der Waals surface area contributed by atoms with Gasteiger partial charge >= 0.3 is 5.97 Å². The lowest BCUT2D eigenvalue weighted by molar-refractivity contribution is -0.153. The normalized spacial score (nSPS) is 26.1. The van der Waals surface area contributed by atoms with Crippen molar-refractivity contribution in [2.75, 3.05) is 38.8 Å². The maximum Gasteiger partial charge on any atom is 0.344 e. The molecule has 5 rings (SSSR count). The van der Waals surface area contributed by atoms with Crippen molar-refractivity contribution in [2.24, 2.45) is 5.92 Å². The SMILES string of the molecule is COCOc1cc(OC)cc2c1C(=O)C[C@@H](C)C/C=C/C(=O)[C@H]1OC(C)(C)O[C@H]1CC(=O)N2.COc1cc(O)c2c(c1)NC(=O)C[C@H](O)[C@H](O)C(=O)/C=C/C[C@H](C)OC2=O. The number of cyclic esters (lactones) is 1. The number of ether oxygens (including phenoxy) is 7. The monoisotopic (exact) mass is 840 g/mol. The molecule has 1 saturated heterocycles. The van der Waals surface area contributed by atoms with E-state index < -0.39 is 72.0 Å². The predicted molar refractivity (Wildman–Crippen MR) is 213 cm³/mol. The van der Waals surface area contributed by atoms with E-state index in [1.54, 1.807) is 39.0 Å². The largest absolute Gasteiger partial charge is 0.507 e. The van der Waals surface area contributed by atoms with Crippen LogP contribution in [0.5, 0.6) is 23.0 Å². The summed E-state index contributed by atoms with van der Waals surface area (Å²) in [5.41, 5.74) is 0.139. The number of carbonyl (C=O) groups is 6. The fourth-order valence-electron chi connectivity index (χ4n) is 6.44. The molecule has 0 aromatic heterocycles. The van der Waals surface area contributed by atoms with E-state index in [2.05, 4.69) is 10.6 Å². The molecule has 0 radical (unpaired) electrons. The van der Waals surface area contributed by atoms with Crippen LogP contribution in [0.3, 0.4) is 0 Å². The van der Waals surface area contributed by atoms with Crippen LogP contribution in [-0.4, -0.2) is 115 Å². The number of hydrogen-bond donors (Lipinski definition) is 5. The second kappa shape index (κ2) is 21.0. The third-order valence-corrected chi connectivity index (χ3v) is 9.32. The summed E-state index contributed by atoms with van der Waals surface area (Å²) in [6.07, 6.45) is 0.00834. The molecule has 3 heterocycles. The van der Waals surface area contributed by atoms with Crippen LogP contribution in [-0.2, 0) is 38.1 Å². The van der Waals surface area contributed by atoms with E-state index in [4.69, 9.17) is 33.2 Å². The van der Waals surface area contributed by atoms with Crippen molar-refractivity contribution in [3.05, 3.63) is 59.7 Å². The van der Waals surface area contributed by atoms with Crippen LogP contribution in [0.15, 0.2) is 48.6 Å². The molecule has 326 valence electrons. The van der Waals surface area contributed by atoms with Gasteiger partial charge < -0.3 is 59.1 Å². The van der Waals surface area contributed by atoms with E-state index in [1.165, 1.54) is 45.6 Å². The van der Waals surface area contributed by atoms with Crippen molar-refractivity contribution in [1.82, 2.24) is 0 Å². The number of methoxy groups -OCH3 is 3. The van der Waals surface area contributed by atoms with E-state index in [-0.39, 0.29) is 77.5 Å². The van der Waals surface area contributed by atoms with E-state index in [1.807, 2.05) is 6.92 Å². The first-order valence-corrected chi connectivity index (χ1v) is 19.1. The summed E-state index contributed by atoms with van der Waals surface area (Å²) < 4.78 is 37.8. The van der Waals surface area contributed by atoms with Crippen molar-refractivity contribution in [3.8, 4) is 23.0 Å². The molecule has 0 unspecified atom stereocenters. The van der Waals surface area contributed by atoms with E-state index in [0.717, 1.165) is 6.08 Å². The van der Waals surface area contributed by atoms with Gasteiger partial charge in [0.15, 0.2) is 29.9 Å². The number of amides is 2. The molecule has 18 heteroatoms. The number of benzene rings is 2. The summed E-state index contributed by atoms with van der Waals surface area (Å²) in [5, 5.41) is 35.0. The molecule has 0 saturated carbocycles. The number of nitrogens with one attached hydrogen (secondary N) is 2. The number of anilines is 2. The Kier molecular flexibility index (Phi) is 16.5. The number of rotatable bonds is 5. The Balaban J connectivity index is 0.000000270. The first kappa shape index (κ1) is 47.0. The van der Waals surface area contributed by atoms with Gasteiger partial charge in [-0.15, -0.1) is 0 Å². The molecule has 0 aliphatic carbocycles. The number of Topliss-reactive ketones (excluding diaryl/α,β-unsaturated/α-hetero) is 1. The topological polar surface area (TPSA) is 252 Å². The molecule has 3 aliphatic rings. The van der Waals surface area contributed by atoms with Crippen LogP contribution in [0.2, 0.25) is 0 Å². The van der Waals surface area contributed by atoms with Gasteiger partial charge in [-0.3, -0.25) is 24.0 Å². The number of aliphatic hydroxyl groups excluding tert-OH is 2.